The molecule has 5 rings (SSSR count). The number of rotatable bonds is 7. The molecular weight excluding hydrogens is 520 g/mol. The Kier molecular flexibility index (Phi) is 7.60. The molecule has 1 heterocycles. The van der Waals surface area contributed by atoms with Gasteiger partial charge in [-0.1, -0.05) is 13.8 Å². The molecule has 0 radical (unpaired) electrons. The van der Waals surface area contributed by atoms with Crippen LogP contribution in [0.2, 0.25) is 0 Å². The van der Waals surface area contributed by atoms with Gasteiger partial charge < -0.3 is 23.5 Å². The van der Waals surface area contributed by atoms with Crippen LogP contribution in [0.1, 0.15) is 65.2 Å². The van der Waals surface area contributed by atoms with Gasteiger partial charge in [-0.2, -0.15) is 0 Å². The van der Waals surface area contributed by atoms with Gasteiger partial charge in [0, 0.05) is 23.3 Å². The van der Waals surface area contributed by atoms with E-state index in [0.29, 0.717) is 40.3 Å². The van der Waals surface area contributed by atoms with Crippen molar-refractivity contribution in [1.82, 2.24) is 0 Å². The number of carbonyl (C=O) groups excluding carboxylic acids is 3. The second kappa shape index (κ2) is 10.2. The summed E-state index contributed by atoms with van der Waals surface area (Å²) in [5.41, 5.74) is -0.488. The lowest BCUT2D eigenvalue weighted by Gasteiger charge is -2.63. The number of Topliss-reactive ketones (excluding diaryl/α,β-unsaturated/α-hetero) is 1. The fraction of sp³-hybridized carbons (Fsp3) is 0.848. The maximum atomic E-state index is 13.9. The minimum atomic E-state index is -0.972. The van der Waals surface area contributed by atoms with E-state index in [0.717, 1.165) is 50.5 Å². The van der Waals surface area contributed by atoms with E-state index in [4.69, 9.17) is 9.47 Å². The summed E-state index contributed by atoms with van der Waals surface area (Å²) in [6.07, 6.45) is 8.57. The standard InChI is InChI=1S/C33H54N2O6/c1-31-13-11-23(41-29(38)19-35(6,7)8)16-22(31)9-10-26-25(31)12-14-32(2)30(21-15-28(37)40-20-21)24(17-33(26,32)39)27(36)18-34(3,4)5/h15,22-26,30,39H,9-14,16-20H2,1-8H3/q+2/t22-,23-,24+,25-,26+,30+,31-,32+,33+/m0/s1. The molecule has 0 aromatic rings. The Morgan fingerprint density at radius 2 is 1.66 bits per heavy atom. The number of fused-ring (bicyclic) bond motifs is 5. The Balaban J connectivity index is 1.40. The van der Waals surface area contributed by atoms with Gasteiger partial charge in [-0.3, -0.25) is 4.79 Å². The molecule has 9 atom stereocenters. The maximum absolute atomic E-state index is 13.9. The third-order valence-electron chi connectivity index (χ3n) is 11.9. The number of carbonyl (C=O) groups is 3. The predicted octanol–water partition coefficient (Wildman–Crippen LogP) is 3.36. The van der Waals surface area contributed by atoms with Crippen molar-refractivity contribution in [1.29, 1.82) is 0 Å². The zero-order valence-electron chi connectivity index (χ0n) is 26.7. The first kappa shape index (κ1) is 30.7. The number of hydrogen-bond acceptors (Lipinski definition) is 6. The van der Waals surface area contributed by atoms with Gasteiger partial charge in [0.2, 0.25) is 0 Å². The Labute approximate surface area is 246 Å². The van der Waals surface area contributed by atoms with E-state index < -0.39 is 11.0 Å². The quantitative estimate of drug-likeness (QED) is 0.371. The van der Waals surface area contributed by atoms with Gasteiger partial charge in [-0.15, -0.1) is 0 Å². The summed E-state index contributed by atoms with van der Waals surface area (Å²) in [4.78, 5) is 38.6. The monoisotopic (exact) mass is 574 g/mol. The molecule has 1 aliphatic heterocycles. The molecule has 0 bridgehead atoms. The minimum absolute atomic E-state index is 0.0270. The first-order chi connectivity index (χ1) is 18.9. The highest BCUT2D eigenvalue weighted by atomic mass is 16.5. The molecule has 8 heteroatoms. The largest absolute Gasteiger partial charge is 0.458 e. The third kappa shape index (κ3) is 5.42. The Morgan fingerprint density at radius 1 is 0.976 bits per heavy atom. The smallest absolute Gasteiger partial charge is 0.362 e. The van der Waals surface area contributed by atoms with Crippen molar-refractivity contribution in [3.05, 3.63) is 11.6 Å². The molecule has 41 heavy (non-hydrogen) atoms. The van der Waals surface area contributed by atoms with Gasteiger partial charge in [-0.25, -0.2) is 9.59 Å². The number of ketones is 1. The molecule has 8 nitrogen and oxygen atoms in total. The number of hydrogen-bond donors (Lipinski definition) is 1. The number of esters is 2. The van der Waals surface area contributed by atoms with Crippen LogP contribution in [0.5, 0.6) is 0 Å². The Hall–Kier alpha value is -1.77. The second-order valence-corrected chi connectivity index (χ2v) is 16.7. The average molecular weight is 575 g/mol. The van der Waals surface area contributed by atoms with Crippen molar-refractivity contribution >= 4 is 17.7 Å². The summed E-state index contributed by atoms with van der Waals surface area (Å²) >= 11 is 0. The molecule has 4 aliphatic carbocycles. The molecule has 4 fully saturated rings. The van der Waals surface area contributed by atoms with E-state index in [1.54, 1.807) is 6.08 Å². The molecule has 0 aromatic carbocycles. The van der Waals surface area contributed by atoms with Crippen molar-refractivity contribution in [2.24, 2.45) is 40.4 Å². The predicted molar refractivity (Wildman–Crippen MR) is 155 cm³/mol. The summed E-state index contributed by atoms with van der Waals surface area (Å²) < 4.78 is 12.4. The van der Waals surface area contributed by atoms with E-state index in [2.05, 4.69) is 13.8 Å². The fourth-order valence-electron chi connectivity index (χ4n) is 10.1. The van der Waals surface area contributed by atoms with Crippen LogP contribution in [0.4, 0.5) is 0 Å². The van der Waals surface area contributed by atoms with Gasteiger partial charge in [-0.05, 0) is 80.1 Å². The van der Waals surface area contributed by atoms with E-state index in [1.165, 1.54) is 0 Å². The van der Waals surface area contributed by atoms with E-state index >= 15 is 0 Å². The molecule has 0 unspecified atom stereocenters. The molecule has 1 N–H and O–H groups in total. The summed E-state index contributed by atoms with van der Waals surface area (Å²) in [7, 11) is 12.1. The van der Waals surface area contributed by atoms with Crippen molar-refractivity contribution in [3.63, 3.8) is 0 Å². The van der Waals surface area contributed by atoms with Crippen LogP contribution >= 0.6 is 0 Å². The van der Waals surface area contributed by atoms with Crippen LogP contribution < -0.4 is 0 Å². The highest BCUT2D eigenvalue weighted by Gasteiger charge is 2.71. The normalized spacial score (nSPS) is 42.5. The van der Waals surface area contributed by atoms with Crippen LogP contribution in [-0.2, 0) is 23.9 Å². The molecule has 230 valence electrons. The first-order valence-corrected chi connectivity index (χ1v) is 15.8. The zero-order chi connectivity index (χ0) is 30.2. The molecular formula is C33H54N2O6+2. The highest BCUT2D eigenvalue weighted by Crippen LogP contribution is 2.71. The van der Waals surface area contributed by atoms with Crippen LogP contribution in [0.15, 0.2) is 11.6 Å². The van der Waals surface area contributed by atoms with Gasteiger partial charge in [0.05, 0.1) is 47.9 Å². The zero-order valence-corrected chi connectivity index (χ0v) is 26.7. The van der Waals surface area contributed by atoms with E-state index in [9.17, 15) is 19.5 Å². The number of aliphatic hydroxyl groups is 1. The second-order valence-electron chi connectivity index (χ2n) is 16.7. The number of likely N-dealkylation sites (N-methyl/N-ethyl adjacent to an activating group) is 2. The lowest BCUT2D eigenvalue weighted by Crippen LogP contribution is -2.62. The number of cyclic esters (lactones) is 1. The van der Waals surface area contributed by atoms with Crippen molar-refractivity contribution < 1.29 is 37.9 Å². The van der Waals surface area contributed by atoms with Gasteiger partial charge in [0.15, 0.2) is 12.3 Å². The molecule has 5 aliphatic rings. The van der Waals surface area contributed by atoms with Gasteiger partial charge >= 0.3 is 11.9 Å². The van der Waals surface area contributed by atoms with Gasteiger partial charge in [0.1, 0.15) is 19.3 Å². The average Bonchev–Trinajstić information content (AvgIpc) is 3.34. The summed E-state index contributed by atoms with van der Waals surface area (Å²) in [6, 6.07) is 0. The minimum Gasteiger partial charge on any atom is -0.458 e. The molecule has 0 spiro atoms. The molecule has 4 saturated carbocycles. The summed E-state index contributed by atoms with van der Waals surface area (Å²) in [5, 5.41) is 12.9. The van der Waals surface area contributed by atoms with Gasteiger partial charge in [0.25, 0.3) is 0 Å². The topological polar surface area (TPSA) is 89.9 Å². The number of ether oxygens (including phenoxy) is 2. The lowest BCUT2D eigenvalue weighted by atomic mass is 9.43. The lowest BCUT2D eigenvalue weighted by molar-refractivity contribution is -0.862. The fourth-order valence-corrected chi connectivity index (χ4v) is 10.1. The van der Waals surface area contributed by atoms with Crippen LogP contribution in [0, 0.1) is 40.4 Å². The SMILES string of the molecule is C[C@]12CC[C@H](OC(=O)C[N+](C)(C)C)C[C@@H]1CC[C@@H]1[C@@H]2CC[C@]2(C)[C@H](C3=CC(=O)OC3)[C@@H](C(=O)C[N+](C)(C)C)C[C@@]12O. The third-order valence-corrected chi connectivity index (χ3v) is 11.9. The maximum Gasteiger partial charge on any atom is 0.362 e. The molecule has 0 aromatic heterocycles. The molecule has 0 amide bonds. The molecule has 0 saturated heterocycles. The Morgan fingerprint density at radius 3 is 2.27 bits per heavy atom. The van der Waals surface area contributed by atoms with Crippen molar-refractivity contribution in [2.45, 2.75) is 76.9 Å². The summed E-state index contributed by atoms with van der Waals surface area (Å²) in [5.74, 6) is 0.173. The van der Waals surface area contributed by atoms with Crippen LogP contribution in [0.25, 0.3) is 0 Å². The summed E-state index contributed by atoms with van der Waals surface area (Å²) in [6.45, 7) is 5.61. The van der Waals surface area contributed by atoms with Crippen molar-refractivity contribution in [2.75, 3.05) is 62.0 Å². The number of nitrogens with zero attached hydrogens (tertiary/aromatic N) is 2. The van der Waals surface area contributed by atoms with Crippen molar-refractivity contribution in [3.8, 4) is 0 Å². The number of quaternary nitrogens is 2. The van der Waals surface area contributed by atoms with Crippen LogP contribution in [-0.4, -0.2) is 105 Å². The Bertz CT molecular complexity index is 1120. The highest BCUT2D eigenvalue weighted by molar-refractivity contribution is 5.87. The van der Waals surface area contributed by atoms with E-state index in [1.807, 2.05) is 42.3 Å². The van der Waals surface area contributed by atoms with Crippen LogP contribution in [0.3, 0.4) is 0 Å². The van der Waals surface area contributed by atoms with E-state index in [-0.39, 0.29) is 53.6 Å². The first-order valence-electron chi connectivity index (χ1n) is 15.8.